The first-order valence-electron chi connectivity index (χ1n) is 8.11. The molecule has 0 bridgehead atoms. The maximum atomic E-state index is 12.5. The Labute approximate surface area is 143 Å². The molecule has 2 aromatic rings. The van der Waals surface area contributed by atoms with E-state index in [4.69, 9.17) is 9.47 Å². The molecular weight excluding hydrogens is 302 g/mol. The van der Waals surface area contributed by atoms with Gasteiger partial charge in [0.1, 0.15) is 5.75 Å². The van der Waals surface area contributed by atoms with Crippen LogP contribution in [0.15, 0.2) is 54.6 Å². The van der Waals surface area contributed by atoms with Crippen molar-refractivity contribution < 1.29 is 14.3 Å². The lowest BCUT2D eigenvalue weighted by Crippen LogP contribution is -2.37. The first-order chi connectivity index (χ1) is 11.5. The summed E-state index contributed by atoms with van der Waals surface area (Å²) < 4.78 is 10.5. The van der Waals surface area contributed by atoms with Gasteiger partial charge in [-0.05, 0) is 50.6 Å². The van der Waals surface area contributed by atoms with E-state index in [1.807, 2.05) is 75.4 Å². The molecule has 0 spiro atoms. The number of ether oxygens (including phenoxy) is 2. The first kappa shape index (κ1) is 17.9. The van der Waals surface area contributed by atoms with Gasteiger partial charge in [-0.1, -0.05) is 30.3 Å². The third kappa shape index (κ3) is 4.07. The van der Waals surface area contributed by atoms with E-state index in [9.17, 15) is 4.79 Å². The van der Waals surface area contributed by atoms with Gasteiger partial charge in [0, 0.05) is 5.69 Å². The molecule has 4 heteroatoms. The fraction of sp³-hybridized carbons (Fsp3) is 0.350. The number of benzene rings is 2. The first-order valence-corrected chi connectivity index (χ1v) is 8.11. The van der Waals surface area contributed by atoms with E-state index in [1.54, 1.807) is 7.11 Å². The van der Waals surface area contributed by atoms with E-state index in [0.29, 0.717) is 6.61 Å². The molecule has 4 nitrogen and oxygen atoms in total. The Kier molecular flexibility index (Phi) is 5.85. The number of methoxy groups -OCH3 is 1. The minimum atomic E-state index is -0.725. The van der Waals surface area contributed by atoms with Crippen molar-refractivity contribution in [1.82, 2.24) is 0 Å². The second-order valence-electron chi connectivity index (χ2n) is 6.16. The van der Waals surface area contributed by atoms with Crippen LogP contribution in [0.3, 0.4) is 0 Å². The summed E-state index contributed by atoms with van der Waals surface area (Å²) in [5.41, 5.74) is 1.23. The number of carbonyl (C=O) groups is 1. The number of nitrogens with one attached hydrogen (secondary N) is 1. The second kappa shape index (κ2) is 7.86. The van der Waals surface area contributed by atoms with Gasteiger partial charge < -0.3 is 14.8 Å². The molecule has 0 unspecified atom stereocenters. The predicted molar refractivity (Wildman–Crippen MR) is 96.2 cm³/mol. The summed E-state index contributed by atoms with van der Waals surface area (Å²) in [6, 6.07) is 17.4. The van der Waals surface area contributed by atoms with E-state index in [2.05, 4.69) is 5.32 Å². The second-order valence-corrected chi connectivity index (χ2v) is 6.16. The van der Waals surface area contributed by atoms with Gasteiger partial charge in [-0.15, -0.1) is 0 Å². The third-order valence-electron chi connectivity index (χ3n) is 4.06. The highest BCUT2D eigenvalue weighted by atomic mass is 16.5. The minimum absolute atomic E-state index is 0.217. The van der Waals surface area contributed by atoms with Gasteiger partial charge >= 0.3 is 5.97 Å². The maximum Gasteiger partial charge on any atom is 0.313 e. The topological polar surface area (TPSA) is 47.6 Å². The Morgan fingerprint density at radius 1 is 1.08 bits per heavy atom. The Morgan fingerprint density at radius 3 is 2.25 bits per heavy atom. The molecule has 0 saturated carbocycles. The predicted octanol–water partition coefficient (Wildman–Crippen LogP) is 4.44. The average Bonchev–Trinajstić information content (AvgIpc) is 2.61. The van der Waals surface area contributed by atoms with E-state index in [0.717, 1.165) is 17.0 Å². The van der Waals surface area contributed by atoms with Crippen molar-refractivity contribution in [2.24, 2.45) is 5.41 Å². The Hall–Kier alpha value is -2.49. The van der Waals surface area contributed by atoms with Crippen LogP contribution in [0, 0.1) is 5.41 Å². The summed E-state index contributed by atoms with van der Waals surface area (Å²) >= 11 is 0. The van der Waals surface area contributed by atoms with Crippen molar-refractivity contribution in [2.45, 2.75) is 26.8 Å². The third-order valence-corrected chi connectivity index (χ3v) is 4.06. The number of hydrogen-bond acceptors (Lipinski definition) is 4. The zero-order valence-electron chi connectivity index (χ0n) is 14.7. The average molecular weight is 327 g/mol. The quantitative estimate of drug-likeness (QED) is 0.764. The standard InChI is InChI=1S/C20H25NO3/c1-5-24-19(22)20(2,3)18(15-9-7-6-8-10-15)21-16-11-13-17(23-4)14-12-16/h6-14,18,21H,5H2,1-4H3/t18-/m1/s1. The lowest BCUT2D eigenvalue weighted by atomic mass is 9.80. The van der Waals surface area contributed by atoms with Crippen molar-refractivity contribution in [3.63, 3.8) is 0 Å². The summed E-state index contributed by atoms with van der Waals surface area (Å²) in [4.78, 5) is 12.5. The van der Waals surface area contributed by atoms with Crippen LogP contribution in [0.4, 0.5) is 5.69 Å². The molecule has 1 N–H and O–H groups in total. The van der Waals surface area contributed by atoms with Crippen LogP contribution >= 0.6 is 0 Å². The molecule has 128 valence electrons. The van der Waals surface area contributed by atoms with Gasteiger partial charge in [0.05, 0.1) is 25.2 Å². The number of carbonyl (C=O) groups excluding carboxylic acids is 1. The molecule has 0 aromatic heterocycles. The SMILES string of the molecule is CCOC(=O)C(C)(C)[C@H](Nc1ccc(OC)cc1)c1ccccc1. The van der Waals surface area contributed by atoms with Crippen LogP contribution in [0.5, 0.6) is 5.75 Å². The van der Waals surface area contributed by atoms with E-state index >= 15 is 0 Å². The molecule has 24 heavy (non-hydrogen) atoms. The monoisotopic (exact) mass is 327 g/mol. The Bertz CT molecular complexity index is 650. The van der Waals surface area contributed by atoms with Crippen molar-refractivity contribution in [3.05, 3.63) is 60.2 Å². The number of rotatable bonds is 7. The summed E-state index contributed by atoms with van der Waals surface area (Å²) in [5, 5.41) is 3.47. The summed E-state index contributed by atoms with van der Waals surface area (Å²) in [5.74, 6) is 0.571. The minimum Gasteiger partial charge on any atom is -0.497 e. The molecule has 0 amide bonds. The molecule has 0 fully saturated rings. The highest BCUT2D eigenvalue weighted by molar-refractivity contribution is 5.78. The molecule has 0 heterocycles. The van der Waals surface area contributed by atoms with Gasteiger partial charge in [-0.25, -0.2) is 0 Å². The number of anilines is 1. The number of hydrogen-bond donors (Lipinski definition) is 1. The molecule has 2 aromatic carbocycles. The van der Waals surface area contributed by atoms with E-state index < -0.39 is 5.41 Å². The van der Waals surface area contributed by atoms with Crippen LogP contribution in [0.25, 0.3) is 0 Å². The van der Waals surface area contributed by atoms with Gasteiger partial charge in [-0.3, -0.25) is 4.79 Å². The highest BCUT2D eigenvalue weighted by Gasteiger charge is 2.39. The largest absolute Gasteiger partial charge is 0.497 e. The molecule has 0 aliphatic carbocycles. The fourth-order valence-electron chi connectivity index (χ4n) is 2.61. The zero-order valence-corrected chi connectivity index (χ0v) is 14.7. The zero-order chi connectivity index (χ0) is 17.6. The van der Waals surface area contributed by atoms with Crippen LogP contribution in [-0.4, -0.2) is 19.7 Å². The van der Waals surface area contributed by atoms with Gasteiger partial charge in [0.25, 0.3) is 0 Å². The Balaban J connectivity index is 2.34. The van der Waals surface area contributed by atoms with Crippen LogP contribution in [0.1, 0.15) is 32.4 Å². The van der Waals surface area contributed by atoms with Gasteiger partial charge in [0.15, 0.2) is 0 Å². The number of esters is 1. The van der Waals surface area contributed by atoms with Gasteiger partial charge in [-0.2, -0.15) is 0 Å². The molecule has 2 rings (SSSR count). The van der Waals surface area contributed by atoms with Crippen molar-refractivity contribution >= 4 is 11.7 Å². The fourth-order valence-corrected chi connectivity index (χ4v) is 2.61. The van der Waals surface area contributed by atoms with Crippen LogP contribution < -0.4 is 10.1 Å². The molecule has 0 aliphatic rings. The summed E-state index contributed by atoms with van der Waals surface area (Å²) in [7, 11) is 1.64. The van der Waals surface area contributed by atoms with Crippen LogP contribution in [0.2, 0.25) is 0 Å². The van der Waals surface area contributed by atoms with Crippen LogP contribution in [-0.2, 0) is 9.53 Å². The smallest absolute Gasteiger partial charge is 0.313 e. The molecule has 0 saturated heterocycles. The molecule has 0 aliphatic heterocycles. The molecule has 0 radical (unpaired) electrons. The van der Waals surface area contributed by atoms with E-state index in [-0.39, 0.29) is 12.0 Å². The normalized spacial score (nSPS) is 12.3. The summed E-state index contributed by atoms with van der Waals surface area (Å²) in [6.45, 7) is 5.99. The molecular formula is C20H25NO3. The molecule has 1 atom stereocenters. The Morgan fingerprint density at radius 2 is 1.71 bits per heavy atom. The van der Waals surface area contributed by atoms with Crippen molar-refractivity contribution in [2.75, 3.05) is 19.0 Å². The lowest BCUT2D eigenvalue weighted by Gasteiger charge is -2.34. The highest BCUT2D eigenvalue weighted by Crippen LogP contribution is 2.37. The van der Waals surface area contributed by atoms with Crippen molar-refractivity contribution in [1.29, 1.82) is 0 Å². The van der Waals surface area contributed by atoms with Crippen molar-refractivity contribution in [3.8, 4) is 5.75 Å². The lowest BCUT2D eigenvalue weighted by molar-refractivity contribution is -0.154. The maximum absolute atomic E-state index is 12.5. The van der Waals surface area contributed by atoms with E-state index in [1.165, 1.54) is 0 Å². The van der Waals surface area contributed by atoms with Gasteiger partial charge in [0.2, 0.25) is 0 Å². The summed E-state index contributed by atoms with van der Waals surface area (Å²) in [6.07, 6.45) is 0.